The lowest BCUT2D eigenvalue weighted by molar-refractivity contribution is -0.384. The van der Waals surface area contributed by atoms with Crippen molar-refractivity contribution in [1.29, 1.82) is 0 Å². The molecule has 0 saturated heterocycles. The molecule has 2 rings (SSSR count). The Morgan fingerprint density at radius 1 is 1.38 bits per heavy atom. The standard InChI is InChI=1S/C10H9N3O2S/c14-13(15)9-4-2-8(3-5-9)12-7-1-6-11-10(12)16/h1-5,7H,6H2,(H,11,16). The third-order valence-corrected chi connectivity index (χ3v) is 2.52. The van der Waals surface area contributed by atoms with Crippen molar-refractivity contribution >= 4 is 28.7 Å². The molecule has 0 atom stereocenters. The fraction of sp³-hybridized carbons (Fsp3) is 0.100. The van der Waals surface area contributed by atoms with Gasteiger partial charge in [-0.3, -0.25) is 15.0 Å². The first-order chi connectivity index (χ1) is 7.68. The Balaban J connectivity index is 2.27. The van der Waals surface area contributed by atoms with Gasteiger partial charge in [0.15, 0.2) is 5.11 Å². The van der Waals surface area contributed by atoms with Crippen molar-refractivity contribution in [3.8, 4) is 0 Å². The second-order valence-electron chi connectivity index (χ2n) is 3.21. The minimum atomic E-state index is -0.424. The Labute approximate surface area is 97.5 Å². The first-order valence-electron chi connectivity index (χ1n) is 4.66. The number of hydrogen-bond donors (Lipinski definition) is 1. The number of nitrogens with one attached hydrogen (secondary N) is 1. The SMILES string of the molecule is O=[N+]([O-])c1ccc(N2C=CCNC2=S)cc1. The summed E-state index contributed by atoms with van der Waals surface area (Å²) >= 11 is 5.12. The van der Waals surface area contributed by atoms with Crippen LogP contribution >= 0.6 is 12.2 Å². The fourth-order valence-corrected chi connectivity index (χ4v) is 1.65. The van der Waals surface area contributed by atoms with Gasteiger partial charge in [0.05, 0.1) is 4.92 Å². The summed E-state index contributed by atoms with van der Waals surface area (Å²) in [6, 6.07) is 6.25. The molecule has 1 N–H and O–H groups in total. The topological polar surface area (TPSA) is 58.4 Å². The maximum Gasteiger partial charge on any atom is 0.269 e. The van der Waals surface area contributed by atoms with Crippen molar-refractivity contribution in [2.24, 2.45) is 0 Å². The van der Waals surface area contributed by atoms with Crippen LogP contribution in [0.1, 0.15) is 0 Å². The smallest absolute Gasteiger partial charge is 0.269 e. The Morgan fingerprint density at radius 2 is 2.06 bits per heavy atom. The van der Waals surface area contributed by atoms with E-state index in [4.69, 9.17) is 12.2 Å². The van der Waals surface area contributed by atoms with Gasteiger partial charge in [-0.2, -0.15) is 0 Å². The number of nitro groups is 1. The van der Waals surface area contributed by atoms with Gasteiger partial charge in [0.1, 0.15) is 0 Å². The van der Waals surface area contributed by atoms with Crippen molar-refractivity contribution < 1.29 is 4.92 Å². The van der Waals surface area contributed by atoms with Gasteiger partial charge in [0.2, 0.25) is 0 Å². The molecule has 1 aromatic rings. The van der Waals surface area contributed by atoms with Gasteiger partial charge in [-0.1, -0.05) is 0 Å². The summed E-state index contributed by atoms with van der Waals surface area (Å²) in [5, 5.41) is 14.1. The van der Waals surface area contributed by atoms with E-state index in [-0.39, 0.29) is 5.69 Å². The normalized spacial score (nSPS) is 14.8. The molecule has 0 spiro atoms. The van der Waals surface area contributed by atoms with E-state index in [0.29, 0.717) is 11.7 Å². The van der Waals surface area contributed by atoms with Crippen LogP contribution in [0.3, 0.4) is 0 Å². The summed E-state index contributed by atoms with van der Waals surface area (Å²) in [4.78, 5) is 11.8. The van der Waals surface area contributed by atoms with E-state index in [2.05, 4.69) is 5.32 Å². The Bertz CT molecular complexity index is 456. The highest BCUT2D eigenvalue weighted by Crippen LogP contribution is 2.20. The van der Waals surface area contributed by atoms with Crippen LogP contribution in [0.25, 0.3) is 0 Å². The number of hydrogen-bond acceptors (Lipinski definition) is 3. The molecule has 5 nitrogen and oxygen atoms in total. The molecule has 82 valence electrons. The summed E-state index contributed by atoms with van der Waals surface area (Å²) < 4.78 is 0. The van der Waals surface area contributed by atoms with E-state index in [1.807, 2.05) is 12.3 Å². The van der Waals surface area contributed by atoms with Crippen molar-refractivity contribution in [3.05, 3.63) is 46.7 Å². The van der Waals surface area contributed by atoms with Crippen molar-refractivity contribution in [3.63, 3.8) is 0 Å². The summed E-state index contributed by atoms with van der Waals surface area (Å²) in [7, 11) is 0. The molecule has 1 heterocycles. The minimum absolute atomic E-state index is 0.0728. The second kappa shape index (κ2) is 4.28. The zero-order valence-corrected chi connectivity index (χ0v) is 9.11. The highest BCUT2D eigenvalue weighted by Gasteiger charge is 2.13. The lowest BCUT2D eigenvalue weighted by Crippen LogP contribution is -2.39. The maximum absolute atomic E-state index is 10.5. The number of anilines is 1. The molecule has 1 aromatic carbocycles. The maximum atomic E-state index is 10.5. The number of non-ortho nitro benzene ring substituents is 1. The van der Waals surface area contributed by atoms with Crippen LogP contribution in [-0.4, -0.2) is 16.6 Å². The van der Waals surface area contributed by atoms with E-state index < -0.39 is 4.92 Å². The molecule has 0 amide bonds. The monoisotopic (exact) mass is 235 g/mol. The van der Waals surface area contributed by atoms with Crippen LogP contribution in [0.2, 0.25) is 0 Å². The number of thiocarbonyl (C=S) groups is 1. The van der Waals surface area contributed by atoms with Gasteiger partial charge in [-0.15, -0.1) is 0 Å². The van der Waals surface area contributed by atoms with Gasteiger partial charge in [-0.25, -0.2) is 0 Å². The first kappa shape index (κ1) is 10.6. The summed E-state index contributed by atoms with van der Waals surface area (Å²) in [5.41, 5.74) is 0.877. The number of nitro benzene ring substituents is 1. The Kier molecular flexibility index (Phi) is 2.82. The predicted octanol–water partition coefficient (Wildman–Crippen LogP) is 1.80. The molecule has 6 heteroatoms. The highest BCUT2D eigenvalue weighted by atomic mass is 32.1. The zero-order valence-electron chi connectivity index (χ0n) is 8.29. The minimum Gasteiger partial charge on any atom is -0.358 e. The summed E-state index contributed by atoms with van der Waals surface area (Å²) in [6.07, 6.45) is 3.78. The van der Waals surface area contributed by atoms with Gasteiger partial charge in [-0.05, 0) is 30.4 Å². The third kappa shape index (κ3) is 2.01. The van der Waals surface area contributed by atoms with E-state index >= 15 is 0 Å². The lowest BCUT2D eigenvalue weighted by Gasteiger charge is -2.24. The van der Waals surface area contributed by atoms with E-state index in [1.165, 1.54) is 12.1 Å². The molecule has 0 unspecified atom stereocenters. The van der Waals surface area contributed by atoms with Crippen LogP contribution < -0.4 is 10.2 Å². The average molecular weight is 235 g/mol. The molecule has 0 fully saturated rings. The van der Waals surface area contributed by atoms with E-state index in [0.717, 1.165) is 5.69 Å². The predicted molar refractivity (Wildman–Crippen MR) is 65.3 cm³/mol. The molecule has 16 heavy (non-hydrogen) atoms. The molecule has 1 aliphatic heterocycles. The van der Waals surface area contributed by atoms with Gasteiger partial charge in [0.25, 0.3) is 5.69 Å². The van der Waals surface area contributed by atoms with Crippen molar-refractivity contribution in [1.82, 2.24) is 5.32 Å². The van der Waals surface area contributed by atoms with Crippen molar-refractivity contribution in [2.75, 3.05) is 11.4 Å². The molecule has 1 aliphatic rings. The molecule has 0 radical (unpaired) electrons. The van der Waals surface area contributed by atoms with Crippen LogP contribution in [0.4, 0.5) is 11.4 Å². The summed E-state index contributed by atoms with van der Waals surface area (Å²) in [6.45, 7) is 0.711. The van der Waals surface area contributed by atoms with Crippen LogP contribution in [0.15, 0.2) is 36.5 Å². The molecular weight excluding hydrogens is 226 g/mol. The van der Waals surface area contributed by atoms with Crippen LogP contribution in [0, 0.1) is 10.1 Å². The molecule has 0 aromatic heterocycles. The van der Waals surface area contributed by atoms with Gasteiger partial charge >= 0.3 is 0 Å². The quantitative estimate of drug-likeness (QED) is 0.481. The number of nitrogens with zero attached hydrogens (tertiary/aromatic N) is 2. The van der Waals surface area contributed by atoms with Crippen molar-refractivity contribution in [2.45, 2.75) is 0 Å². The highest BCUT2D eigenvalue weighted by molar-refractivity contribution is 7.80. The van der Waals surface area contributed by atoms with Crippen LogP contribution in [0.5, 0.6) is 0 Å². The van der Waals surface area contributed by atoms with Gasteiger partial charge < -0.3 is 5.32 Å². The lowest BCUT2D eigenvalue weighted by atomic mass is 10.2. The van der Waals surface area contributed by atoms with Crippen LogP contribution in [-0.2, 0) is 0 Å². The molecule has 0 saturated carbocycles. The summed E-state index contributed by atoms with van der Waals surface area (Å²) in [5.74, 6) is 0. The Hall–Kier alpha value is -1.95. The molecule has 0 bridgehead atoms. The first-order valence-corrected chi connectivity index (χ1v) is 5.07. The number of rotatable bonds is 2. The van der Waals surface area contributed by atoms with E-state index in [1.54, 1.807) is 17.0 Å². The second-order valence-corrected chi connectivity index (χ2v) is 3.60. The number of benzene rings is 1. The average Bonchev–Trinajstić information content (AvgIpc) is 2.30. The zero-order chi connectivity index (χ0) is 11.5. The van der Waals surface area contributed by atoms with E-state index in [9.17, 15) is 10.1 Å². The fourth-order valence-electron chi connectivity index (χ4n) is 1.40. The molecular formula is C10H9N3O2S. The largest absolute Gasteiger partial charge is 0.358 e. The molecule has 0 aliphatic carbocycles. The third-order valence-electron chi connectivity index (χ3n) is 2.18. The Morgan fingerprint density at radius 3 is 2.62 bits per heavy atom. The van der Waals surface area contributed by atoms with Gasteiger partial charge in [0, 0.05) is 30.6 Å².